The van der Waals surface area contributed by atoms with Crippen molar-refractivity contribution in [2.75, 3.05) is 0 Å². The summed E-state index contributed by atoms with van der Waals surface area (Å²) in [6.07, 6.45) is 5.41. The highest BCUT2D eigenvalue weighted by Gasteiger charge is 2.44. The van der Waals surface area contributed by atoms with Crippen LogP contribution < -0.4 is 0 Å². The Kier molecular flexibility index (Phi) is 5.80. The predicted molar refractivity (Wildman–Crippen MR) is 85.0 cm³/mol. The van der Waals surface area contributed by atoms with Crippen molar-refractivity contribution in [1.82, 2.24) is 5.06 Å². The van der Waals surface area contributed by atoms with E-state index < -0.39 is 11.6 Å². The van der Waals surface area contributed by atoms with Gasteiger partial charge in [0.15, 0.2) is 0 Å². The van der Waals surface area contributed by atoms with Gasteiger partial charge in [0.25, 0.3) is 0 Å². The van der Waals surface area contributed by atoms with Gasteiger partial charge in [0.05, 0.1) is 11.6 Å². The largest absolute Gasteiger partial charge is 0.391 e. The molecule has 1 fully saturated rings. The first-order valence-electron chi connectivity index (χ1n) is 8.23. The van der Waals surface area contributed by atoms with Crippen molar-refractivity contribution < 1.29 is 10.3 Å². The smallest absolute Gasteiger partial charge is 0.0749 e. The molecule has 0 spiro atoms. The highest BCUT2D eigenvalue weighted by Crippen LogP contribution is 2.38. The van der Waals surface area contributed by atoms with E-state index in [2.05, 4.69) is 13.8 Å². The third-order valence-corrected chi connectivity index (χ3v) is 4.72. The van der Waals surface area contributed by atoms with Gasteiger partial charge < -0.3 is 10.3 Å². The van der Waals surface area contributed by atoms with Crippen molar-refractivity contribution in [3.8, 4) is 0 Å². The second kappa shape index (κ2) is 7.39. The highest BCUT2D eigenvalue weighted by atomic mass is 16.5. The molecule has 1 unspecified atom stereocenters. The van der Waals surface area contributed by atoms with E-state index in [0.29, 0.717) is 12.5 Å². The summed E-state index contributed by atoms with van der Waals surface area (Å²) >= 11 is 0. The Balaban J connectivity index is 2.14. The van der Waals surface area contributed by atoms with E-state index in [9.17, 15) is 10.3 Å². The van der Waals surface area contributed by atoms with Crippen molar-refractivity contribution in [2.24, 2.45) is 5.92 Å². The van der Waals surface area contributed by atoms with Crippen LogP contribution >= 0.6 is 0 Å². The number of nitrogens with zero attached hydrogens (tertiary/aromatic N) is 1. The maximum atomic E-state index is 10.7. The minimum Gasteiger partial charge on any atom is -0.391 e. The SMILES string of the molecule is CC(C)CC(O)C1(N(O)Cc2ccccc2)CCCCC1. The summed E-state index contributed by atoms with van der Waals surface area (Å²) in [5.74, 6) is 0.434. The van der Waals surface area contributed by atoms with Crippen LogP contribution in [0.2, 0.25) is 0 Å². The van der Waals surface area contributed by atoms with E-state index in [1.54, 1.807) is 0 Å². The lowest BCUT2D eigenvalue weighted by Gasteiger charge is -2.46. The summed E-state index contributed by atoms with van der Waals surface area (Å²) in [5, 5.41) is 22.9. The lowest BCUT2D eigenvalue weighted by molar-refractivity contribution is -0.227. The minimum absolute atomic E-state index is 0.434. The van der Waals surface area contributed by atoms with Gasteiger partial charge in [0.2, 0.25) is 0 Å². The summed E-state index contributed by atoms with van der Waals surface area (Å²) in [4.78, 5) is 0. The van der Waals surface area contributed by atoms with E-state index >= 15 is 0 Å². The van der Waals surface area contributed by atoms with Crippen LogP contribution in [0.5, 0.6) is 0 Å². The van der Waals surface area contributed by atoms with E-state index in [1.807, 2.05) is 30.3 Å². The number of hydroxylamine groups is 2. The number of hydrogen-bond acceptors (Lipinski definition) is 3. The Morgan fingerprint density at radius 1 is 1.10 bits per heavy atom. The number of benzene rings is 1. The van der Waals surface area contributed by atoms with E-state index in [-0.39, 0.29) is 0 Å². The van der Waals surface area contributed by atoms with Crippen molar-refractivity contribution in [3.05, 3.63) is 35.9 Å². The molecular formula is C18H29NO2. The van der Waals surface area contributed by atoms with Crippen molar-refractivity contribution >= 4 is 0 Å². The molecule has 1 aromatic rings. The van der Waals surface area contributed by atoms with Crippen molar-refractivity contribution in [3.63, 3.8) is 0 Å². The summed E-state index contributed by atoms with van der Waals surface area (Å²) in [6, 6.07) is 10.0. The molecule has 1 aliphatic rings. The Morgan fingerprint density at radius 3 is 2.29 bits per heavy atom. The molecule has 1 aromatic carbocycles. The molecule has 21 heavy (non-hydrogen) atoms. The van der Waals surface area contributed by atoms with Gasteiger partial charge in [-0.15, -0.1) is 0 Å². The monoisotopic (exact) mass is 291 g/mol. The molecule has 1 atom stereocenters. The average Bonchev–Trinajstić information content (AvgIpc) is 2.48. The molecule has 118 valence electrons. The van der Waals surface area contributed by atoms with Crippen LogP contribution in [0.25, 0.3) is 0 Å². The average molecular weight is 291 g/mol. The second-order valence-electron chi connectivity index (χ2n) is 6.85. The van der Waals surface area contributed by atoms with Crippen LogP contribution in [0, 0.1) is 5.92 Å². The van der Waals surface area contributed by atoms with Crippen LogP contribution in [-0.4, -0.2) is 27.0 Å². The fraction of sp³-hybridized carbons (Fsp3) is 0.667. The molecule has 1 saturated carbocycles. The maximum Gasteiger partial charge on any atom is 0.0749 e. The third kappa shape index (κ3) is 4.06. The zero-order chi connectivity index (χ0) is 15.3. The van der Waals surface area contributed by atoms with Gasteiger partial charge in [0, 0.05) is 6.54 Å². The number of hydrogen-bond donors (Lipinski definition) is 2. The van der Waals surface area contributed by atoms with Crippen molar-refractivity contribution in [2.45, 2.75) is 70.6 Å². The Labute approximate surface area is 128 Å². The van der Waals surface area contributed by atoms with Crippen LogP contribution in [0.15, 0.2) is 30.3 Å². The molecular weight excluding hydrogens is 262 g/mol. The van der Waals surface area contributed by atoms with Crippen LogP contribution in [-0.2, 0) is 6.54 Å². The van der Waals surface area contributed by atoms with Gasteiger partial charge in [0.1, 0.15) is 0 Å². The van der Waals surface area contributed by atoms with Gasteiger partial charge >= 0.3 is 0 Å². The van der Waals surface area contributed by atoms with E-state index in [4.69, 9.17) is 0 Å². The molecule has 2 N–H and O–H groups in total. The Hall–Kier alpha value is -0.900. The van der Waals surface area contributed by atoms with Gasteiger partial charge in [-0.05, 0) is 30.7 Å². The van der Waals surface area contributed by atoms with Crippen LogP contribution in [0.4, 0.5) is 0 Å². The Bertz CT molecular complexity index is 412. The van der Waals surface area contributed by atoms with Crippen molar-refractivity contribution in [1.29, 1.82) is 0 Å². The molecule has 0 bridgehead atoms. The molecule has 0 radical (unpaired) electrons. The van der Waals surface area contributed by atoms with Crippen LogP contribution in [0.3, 0.4) is 0 Å². The topological polar surface area (TPSA) is 43.7 Å². The molecule has 3 heteroatoms. The number of rotatable bonds is 6. The first kappa shape index (κ1) is 16.5. The van der Waals surface area contributed by atoms with E-state index in [1.165, 1.54) is 11.5 Å². The minimum atomic E-state index is -0.474. The lowest BCUT2D eigenvalue weighted by Crippen LogP contribution is -2.56. The van der Waals surface area contributed by atoms with Gasteiger partial charge in [-0.25, -0.2) is 0 Å². The number of aliphatic hydroxyl groups is 1. The molecule has 1 aliphatic carbocycles. The van der Waals surface area contributed by atoms with E-state index in [0.717, 1.165) is 37.7 Å². The molecule has 0 aliphatic heterocycles. The molecule has 0 saturated heterocycles. The van der Waals surface area contributed by atoms with Gasteiger partial charge in [-0.3, -0.25) is 0 Å². The zero-order valence-electron chi connectivity index (χ0n) is 13.3. The fourth-order valence-electron chi connectivity index (χ4n) is 3.51. The predicted octanol–water partition coefficient (Wildman–Crippen LogP) is 3.99. The normalized spacial score (nSPS) is 19.9. The lowest BCUT2D eigenvalue weighted by atomic mass is 9.75. The van der Waals surface area contributed by atoms with Gasteiger partial charge in [-0.2, -0.15) is 5.06 Å². The van der Waals surface area contributed by atoms with Gasteiger partial charge in [-0.1, -0.05) is 63.4 Å². The first-order chi connectivity index (χ1) is 10.0. The summed E-state index contributed by atoms with van der Waals surface area (Å²) < 4.78 is 0. The number of aliphatic hydroxyl groups excluding tert-OH is 1. The Morgan fingerprint density at radius 2 is 1.71 bits per heavy atom. The zero-order valence-corrected chi connectivity index (χ0v) is 13.3. The molecule has 0 heterocycles. The van der Waals surface area contributed by atoms with Crippen LogP contribution in [0.1, 0.15) is 57.9 Å². The summed E-state index contributed by atoms with van der Waals surface area (Å²) in [5.41, 5.74) is 0.611. The summed E-state index contributed by atoms with van der Waals surface area (Å²) in [7, 11) is 0. The quantitative estimate of drug-likeness (QED) is 0.779. The molecule has 0 aromatic heterocycles. The third-order valence-electron chi connectivity index (χ3n) is 4.72. The highest BCUT2D eigenvalue weighted by molar-refractivity contribution is 5.15. The molecule has 0 amide bonds. The summed E-state index contributed by atoms with van der Waals surface area (Å²) in [6.45, 7) is 4.73. The first-order valence-corrected chi connectivity index (χ1v) is 8.23. The molecule has 3 nitrogen and oxygen atoms in total. The molecule has 2 rings (SSSR count). The maximum absolute atomic E-state index is 10.7. The standard InChI is InChI=1S/C18H29NO2/c1-15(2)13-17(20)18(11-7-4-8-12-18)19(21)14-16-9-5-3-6-10-16/h3,5-6,9-10,15,17,20-21H,4,7-8,11-14H2,1-2H3. The second-order valence-corrected chi connectivity index (χ2v) is 6.85. The fourth-order valence-corrected chi connectivity index (χ4v) is 3.51.